The Bertz CT molecular complexity index is 695. The Hall–Kier alpha value is -1.30. The highest BCUT2D eigenvalue weighted by Gasteiger charge is 2.35. The van der Waals surface area contributed by atoms with Gasteiger partial charge in [0.25, 0.3) is 5.91 Å². The molecule has 0 radical (unpaired) electrons. The lowest BCUT2D eigenvalue weighted by atomic mass is 9.74. The number of carbonyl (C=O) groups excluding carboxylic acids is 1. The minimum Gasteiger partial charge on any atom is -0.457 e. The molecule has 0 bridgehead atoms. The fourth-order valence-corrected chi connectivity index (χ4v) is 3.46. The molecule has 1 aliphatic rings. The Morgan fingerprint density at radius 3 is 2.74 bits per heavy atom. The first-order valence-corrected chi connectivity index (χ1v) is 8.62. The lowest BCUT2D eigenvalue weighted by molar-refractivity contribution is 0.0487. The second kappa shape index (κ2) is 7.07. The first-order valence-electron chi connectivity index (χ1n) is 7.45. The summed E-state index contributed by atoms with van der Waals surface area (Å²) >= 11 is 9.36. The molecule has 4 nitrogen and oxygen atoms in total. The van der Waals surface area contributed by atoms with Crippen LogP contribution in [0, 0.1) is 0 Å². The van der Waals surface area contributed by atoms with Crippen LogP contribution in [0.2, 0.25) is 5.02 Å². The third kappa shape index (κ3) is 3.79. The monoisotopic (exact) mass is 397 g/mol. The van der Waals surface area contributed by atoms with Crippen LogP contribution in [0.1, 0.15) is 28.8 Å². The number of nitrogens with one attached hydrogen (secondary N) is 1. The van der Waals surface area contributed by atoms with Gasteiger partial charge < -0.3 is 14.5 Å². The van der Waals surface area contributed by atoms with Gasteiger partial charge >= 0.3 is 0 Å². The first-order chi connectivity index (χ1) is 11.1. The summed E-state index contributed by atoms with van der Waals surface area (Å²) < 4.78 is 11.2. The number of hydrogen-bond acceptors (Lipinski definition) is 3. The van der Waals surface area contributed by atoms with Gasteiger partial charge in [-0.1, -0.05) is 23.7 Å². The molecule has 1 saturated heterocycles. The van der Waals surface area contributed by atoms with E-state index in [1.165, 1.54) is 6.26 Å². The average Bonchev–Trinajstić information content (AvgIpc) is 3.00. The fourth-order valence-electron chi connectivity index (χ4n) is 2.93. The molecule has 2 aromatic rings. The molecule has 1 fully saturated rings. The highest BCUT2D eigenvalue weighted by molar-refractivity contribution is 9.10. The molecule has 0 atom stereocenters. The summed E-state index contributed by atoms with van der Waals surface area (Å²) in [7, 11) is 0. The fraction of sp³-hybridized carbons (Fsp3) is 0.353. The lowest BCUT2D eigenvalue weighted by Crippen LogP contribution is -2.44. The van der Waals surface area contributed by atoms with E-state index in [2.05, 4.69) is 27.3 Å². The van der Waals surface area contributed by atoms with E-state index in [0.29, 0.717) is 35.0 Å². The number of ether oxygens (including phenoxy) is 1. The second-order valence-electron chi connectivity index (χ2n) is 5.73. The maximum atomic E-state index is 12.3. The summed E-state index contributed by atoms with van der Waals surface area (Å²) in [5.41, 5.74) is 1.49. The van der Waals surface area contributed by atoms with Crippen LogP contribution in [0.5, 0.6) is 0 Å². The Morgan fingerprint density at radius 1 is 1.30 bits per heavy atom. The number of furan rings is 1. The van der Waals surface area contributed by atoms with Crippen LogP contribution in [-0.2, 0) is 10.2 Å². The van der Waals surface area contributed by atoms with Crippen LogP contribution in [0.15, 0.2) is 45.7 Å². The van der Waals surface area contributed by atoms with Crippen molar-refractivity contribution in [1.82, 2.24) is 5.32 Å². The molecule has 1 aromatic carbocycles. The van der Waals surface area contributed by atoms with E-state index in [1.54, 1.807) is 6.07 Å². The normalized spacial score (nSPS) is 17.0. The van der Waals surface area contributed by atoms with Crippen molar-refractivity contribution in [2.45, 2.75) is 18.3 Å². The standard InChI is InChI=1S/C17H17BrClNO3/c18-15-8-12(10-23-15)16(21)20-11-17(4-6-22-7-5-17)13-2-1-3-14(19)9-13/h1-3,8-10H,4-7,11H2,(H,20,21). The van der Waals surface area contributed by atoms with E-state index >= 15 is 0 Å². The van der Waals surface area contributed by atoms with E-state index in [9.17, 15) is 4.79 Å². The molecule has 2 heterocycles. The van der Waals surface area contributed by atoms with Gasteiger partial charge in [-0.25, -0.2) is 0 Å². The summed E-state index contributed by atoms with van der Waals surface area (Å²) in [4.78, 5) is 12.3. The molecule has 1 amide bonds. The molecule has 3 rings (SSSR count). The Kier molecular flexibility index (Phi) is 5.09. The van der Waals surface area contributed by atoms with Crippen molar-refractivity contribution in [3.8, 4) is 0 Å². The predicted molar refractivity (Wildman–Crippen MR) is 91.9 cm³/mol. The number of halogens is 2. The average molecular weight is 399 g/mol. The van der Waals surface area contributed by atoms with Gasteiger partial charge in [-0.3, -0.25) is 4.79 Å². The summed E-state index contributed by atoms with van der Waals surface area (Å²) in [6.07, 6.45) is 3.14. The molecular weight excluding hydrogens is 382 g/mol. The Morgan fingerprint density at radius 2 is 2.09 bits per heavy atom. The topological polar surface area (TPSA) is 51.5 Å². The number of carbonyl (C=O) groups is 1. The van der Waals surface area contributed by atoms with Crippen molar-refractivity contribution < 1.29 is 13.9 Å². The van der Waals surface area contributed by atoms with Crippen molar-refractivity contribution in [2.75, 3.05) is 19.8 Å². The van der Waals surface area contributed by atoms with Gasteiger partial charge in [0.15, 0.2) is 4.67 Å². The smallest absolute Gasteiger partial charge is 0.254 e. The van der Waals surface area contributed by atoms with Crippen LogP contribution in [0.3, 0.4) is 0 Å². The van der Waals surface area contributed by atoms with Crippen LogP contribution < -0.4 is 5.32 Å². The van der Waals surface area contributed by atoms with Gasteiger partial charge in [0.2, 0.25) is 0 Å². The zero-order valence-corrected chi connectivity index (χ0v) is 14.8. The summed E-state index contributed by atoms with van der Waals surface area (Å²) in [5.74, 6) is -0.146. The molecule has 1 aliphatic heterocycles. The van der Waals surface area contributed by atoms with Gasteiger partial charge in [0, 0.05) is 36.3 Å². The Balaban J connectivity index is 1.78. The number of rotatable bonds is 4. The van der Waals surface area contributed by atoms with Crippen LogP contribution in [0.4, 0.5) is 0 Å². The van der Waals surface area contributed by atoms with Crippen molar-refractivity contribution in [3.63, 3.8) is 0 Å². The van der Waals surface area contributed by atoms with Crippen LogP contribution >= 0.6 is 27.5 Å². The predicted octanol–water partition coefficient (Wildman–Crippen LogP) is 4.17. The summed E-state index contributed by atoms with van der Waals surface area (Å²) in [6, 6.07) is 9.51. The Labute approximate surface area is 148 Å². The zero-order chi connectivity index (χ0) is 16.3. The number of hydrogen-bond donors (Lipinski definition) is 1. The van der Waals surface area contributed by atoms with E-state index in [1.807, 2.05) is 18.2 Å². The highest BCUT2D eigenvalue weighted by Crippen LogP contribution is 2.35. The van der Waals surface area contributed by atoms with E-state index in [4.69, 9.17) is 20.8 Å². The zero-order valence-electron chi connectivity index (χ0n) is 12.5. The molecule has 0 saturated carbocycles. The molecular formula is C17H17BrClNO3. The molecule has 0 spiro atoms. The van der Waals surface area contributed by atoms with Crippen molar-refractivity contribution >= 4 is 33.4 Å². The second-order valence-corrected chi connectivity index (χ2v) is 6.94. The van der Waals surface area contributed by atoms with Crippen molar-refractivity contribution in [1.29, 1.82) is 0 Å². The SMILES string of the molecule is O=C(NCC1(c2cccc(Cl)c2)CCOCC1)c1coc(Br)c1. The molecule has 122 valence electrons. The molecule has 1 N–H and O–H groups in total. The van der Waals surface area contributed by atoms with Crippen LogP contribution in [-0.4, -0.2) is 25.7 Å². The first kappa shape index (κ1) is 16.6. The number of benzene rings is 1. The summed E-state index contributed by atoms with van der Waals surface area (Å²) in [5, 5.41) is 3.73. The maximum Gasteiger partial charge on any atom is 0.254 e. The van der Waals surface area contributed by atoms with Crippen LogP contribution in [0.25, 0.3) is 0 Å². The molecule has 0 aliphatic carbocycles. The largest absolute Gasteiger partial charge is 0.457 e. The maximum absolute atomic E-state index is 12.3. The molecule has 23 heavy (non-hydrogen) atoms. The van der Waals surface area contributed by atoms with E-state index in [-0.39, 0.29) is 11.3 Å². The van der Waals surface area contributed by atoms with Gasteiger partial charge in [0.05, 0.1) is 5.56 Å². The van der Waals surface area contributed by atoms with Crippen molar-refractivity contribution in [2.24, 2.45) is 0 Å². The van der Waals surface area contributed by atoms with Gasteiger partial charge in [-0.15, -0.1) is 0 Å². The van der Waals surface area contributed by atoms with Gasteiger partial charge in [0.1, 0.15) is 6.26 Å². The number of amides is 1. The molecule has 6 heteroatoms. The highest BCUT2D eigenvalue weighted by atomic mass is 79.9. The van der Waals surface area contributed by atoms with E-state index in [0.717, 1.165) is 18.4 Å². The van der Waals surface area contributed by atoms with Gasteiger partial charge in [-0.2, -0.15) is 0 Å². The quantitative estimate of drug-likeness (QED) is 0.841. The molecule has 1 aromatic heterocycles. The minimum absolute atomic E-state index is 0.146. The van der Waals surface area contributed by atoms with Crippen molar-refractivity contribution in [3.05, 3.63) is 57.4 Å². The van der Waals surface area contributed by atoms with E-state index < -0.39 is 0 Å². The lowest BCUT2D eigenvalue weighted by Gasteiger charge is -2.38. The minimum atomic E-state index is -0.153. The van der Waals surface area contributed by atoms with Gasteiger partial charge in [-0.05, 0) is 46.5 Å². The third-order valence-corrected chi connectivity index (χ3v) is 4.95. The third-order valence-electron chi connectivity index (χ3n) is 4.30. The molecule has 0 unspecified atom stereocenters. The summed E-state index contributed by atoms with van der Waals surface area (Å²) in [6.45, 7) is 1.90.